The van der Waals surface area contributed by atoms with Gasteiger partial charge in [0, 0.05) is 18.8 Å². The summed E-state index contributed by atoms with van der Waals surface area (Å²) in [5, 5.41) is 3.54. The van der Waals surface area contributed by atoms with Gasteiger partial charge in [-0.15, -0.1) is 0 Å². The standard InChI is InChI=1S/C14H27N3O/c1-7-8-14(4,5)16-13-15-11(2)9-17(13)12(3)10-18-6/h9,12H,7-8,10H2,1-6H3,(H,15,16). The van der Waals surface area contributed by atoms with Gasteiger partial charge in [-0.25, -0.2) is 4.98 Å². The monoisotopic (exact) mass is 253 g/mol. The summed E-state index contributed by atoms with van der Waals surface area (Å²) in [6.45, 7) is 11.5. The molecular weight excluding hydrogens is 226 g/mol. The average Bonchev–Trinajstić information content (AvgIpc) is 2.58. The third-order valence-corrected chi connectivity index (χ3v) is 3.06. The molecule has 1 aromatic heterocycles. The van der Waals surface area contributed by atoms with Crippen molar-refractivity contribution in [3.8, 4) is 0 Å². The first-order valence-electron chi connectivity index (χ1n) is 6.72. The average molecular weight is 253 g/mol. The number of ether oxygens (including phenoxy) is 1. The van der Waals surface area contributed by atoms with E-state index in [0.717, 1.165) is 24.5 Å². The molecule has 0 bridgehead atoms. The van der Waals surface area contributed by atoms with Gasteiger partial charge in [0.25, 0.3) is 0 Å². The molecule has 0 saturated carbocycles. The van der Waals surface area contributed by atoms with Crippen LogP contribution in [0.2, 0.25) is 0 Å². The van der Waals surface area contributed by atoms with Crippen LogP contribution in [0.5, 0.6) is 0 Å². The number of imidazole rings is 1. The predicted molar refractivity (Wildman–Crippen MR) is 76.2 cm³/mol. The van der Waals surface area contributed by atoms with Crippen LogP contribution in [0.15, 0.2) is 6.20 Å². The highest BCUT2D eigenvalue weighted by Crippen LogP contribution is 2.22. The Morgan fingerprint density at radius 2 is 2.17 bits per heavy atom. The van der Waals surface area contributed by atoms with Crippen molar-refractivity contribution >= 4 is 5.95 Å². The van der Waals surface area contributed by atoms with E-state index < -0.39 is 0 Å². The third kappa shape index (κ3) is 4.02. The lowest BCUT2D eigenvalue weighted by atomic mass is 9.99. The fourth-order valence-corrected chi connectivity index (χ4v) is 2.26. The van der Waals surface area contributed by atoms with Crippen LogP contribution in [0.3, 0.4) is 0 Å². The Morgan fingerprint density at radius 1 is 1.50 bits per heavy atom. The molecule has 1 unspecified atom stereocenters. The molecule has 0 fully saturated rings. The third-order valence-electron chi connectivity index (χ3n) is 3.06. The first-order chi connectivity index (χ1) is 8.39. The van der Waals surface area contributed by atoms with Crippen LogP contribution in [-0.4, -0.2) is 28.8 Å². The first kappa shape index (κ1) is 15.0. The number of nitrogens with zero attached hydrogens (tertiary/aromatic N) is 2. The molecule has 0 aliphatic carbocycles. The molecule has 1 heterocycles. The van der Waals surface area contributed by atoms with Gasteiger partial charge >= 0.3 is 0 Å². The maximum absolute atomic E-state index is 5.22. The molecule has 1 N–H and O–H groups in total. The van der Waals surface area contributed by atoms with Crippen molar-refractivity contribution in [2.24, 2.45) is 0 Å². The Balaban J connectivity index is 2.88. The van der Waals surface area contributed by atoms with Crippen molar-refractivity contribution in [2.45, 2.75) is 59.0 Å². The summed E-state index contributed by atoms with van der Waals surface area (Å²) in [6.07, 6.45) is 4.36. The van der Waals surface area contributed by atoms with Gasteiger partial charge < -0.3 is 14.6 Å². The lowest BCUT2D eigenvalue weighted by Crippen LogP contribution is -2.32. The van der Waals surface area contributed by atoms with Crippen LogP contribution in [0.4, 0.5) is 5.95 Å². The molecule has 0 aromatic carbocycles. The summed E-state index contributed by atoms with van der Waals surface area (Å²) in [7, 11) is 1.73. The largest absolute Gasteiger partial charge is 0.383 e. The highest BCUT2D eigenvalue weighted by atomic mass is 16.5. The second-order valence-electron chi connectivity index (χ2n) is 5.68. The molecule has 4 heteroatoms. The topological polar surface area (TPSA) is 39.1 Å². The molecule has 0 aliphatic rings. The molecule has 1 rings (SSSR count). The van der Waals surface area contributed by atoms with Crippen molar-refractivity contribution < 1.29 is 4.74 Å². The van der Waals surface area contributed by atoms with Crippen molar-refractivity contribution in [3.05, 3.63) is 11.9 Å². The van der Waals surface area contributed by atoms with E-state index >= 15 is 0 Å². The number of aromatic nitrogens is 2. The van der Waals surface area contributed by atoms with Crippen LogP contribution in [0.25, 0.3) is 0 Å². The zero-order valence-corrected chi connectivity index (χ0v) is 12.6. The molecule has 0 saturated heterocycles. The predicted octanol–water partition coefficient (Wildman–Crippen LogP) is 3.39. The van der Waals surface area contributed by atoms with E-state index in [1.807, 2.05) is 6.92 Å². The number of nitrogens with one attached hydrogen (secondary N) is 1. The normalized spacial score (nSPS) is 13.7. The van der Waals surface area contributed by atoms with Crippen molar-refractivity contribution in [1.29, 1.82) is 0 Å². The van der Waals surface area contributed by atoms with Crippen molar-refractivity contribution in [3.63, 3.8) is 0 Å². The number of hydrogen-bond donors (Lipinski definition) is 1. The maximum Gasteiger partial charge on any atom is 0.203 e. The smallest absolute Gasteiger partial charge is 0.203 e. The molecule has 0 radical (unpaired) electrons. The molecular formula is C14H27N3O. The Kier molecular flexibility index (Phi) is 5.20. The quantitative estimate of drug-likeness (QED) is 0.809. The Hall–Kier alpha value is -1.03. The van der Waals surface area contributed by atoms with Crippen LogP contribution >= 0.6 is 0 Å². The first-order valence-corrected chi connectivity index (χ1v) is 6.72. The van der Waals surface area contributed by atoms with Gasteiger partial charge in [0.15, 0.2) is 0 Å². The van der Waals surface area contributed by atoms with Gasteiger partial charge in [0.2, 0.25) is 5.95 Å². The minimum atomic E-state index is 0.0666. The van der Waals surface area contributed by atoms with E-state index in [9.17, 15) is 0 Å². The van der Waals surface area contributed by atoms with E-state index in [1.54, 1.807) is 7.11 Å². The summed E-state index contributed by atoms with van der Waals surface area (Å²) in [6, 6.07) is 0.288. The highest BCUT2D eigenvalue weighted by Gasteiger charge is 2.20. The Morgan fingerprint density at radius 3 is 2.72 bits per heavy atom. The number of hydrogen-bond acceptors (Lipinski definition) is 3. The molecule has 4 nitrogen and oxygen atoms in total. The second kappa shape index (κ2) is 6.23. The van der Waals surface area contributed by atoms with E-state index in [4.69, 9.17) is 4.74 Å². The van der Waals surface area contributed by atoms with Gasteiger partial charge in [0.05, 0.1) is 18.3 Å². The Labute approximate surface area is 111 Å². The minimum Gasteiger partial charge on any atom is -0.383 e. The lowest BCUT2D eigenvalue weighted by molar-refractivity contribution is 0.162. The summed E-state index contributed by atoms with van der Waals surface area (Å²) in [4.78, 5) is 4.58. The van der Waals surface area contributed by atoms with Crippen LogP contribution in [-0.2, 0) is 4.74 Å². The fourth-order valence-electron chi connectivity index (χ4n) is 2.26. The SMILES string of the molecule is CCCC(C)(C)Nc1nc(C)cn1C(C)COC. The van der Waals surface area contributed by atoms with Crippen molar-refractivity contribution in [1.82, 2.24) is 9.55 Å². The zero-order valence-electron chi connectivity index (χ0n) is 12.6. The molecule has 1 aromatic rings. The number of methoxy groups -OCH3 is 1. The van der Waals surface area contributed by atoms with Gasteiger partial charge in [0.1, 0.15) is 0 Å². The summed E-state index contributed by atoms with van der Waals surface area (Å²) >= 11 is 0. The van der Waals surface area contributed by atoms with Gasteiger partial charge in [-0.05, 0) is 34.1 Å². The molecule has 104 valence electrons. The van der Waals surface area contributed by atoms with Crippen molar-refractivity contribution in [2.75, 3.05) is 19.0 Å². The zero-order chi connectivity index (χ0) is 13.8. The minimum absolute atomic E-state index is 0.0666. The summed E-state index contributed by atoms with van der Waals surface area (Å²) in [5.74, 6) is 0.940. The summed E-state index contributed by atoms with van der Waals surface area (Å²) in [5.41, 5.74) is 1.10. The van der Waals surface area contributed by atoms with Gasteiger partial charge in [-0.1, -0.05) is 13.3 Å². The second-order valence-corrected chi connectivity index (χ2v) is 5.68. The van der Waals surface area contributed by atoms with Gasteiger partial charge in [-0.3, -0.25) is 0 Å². The van der Waals surface area contributed by atoms with Crippen LogP contribution in [0, 0.1) is 6.92 Å². The molecule has 0 aliphatic heterocycles. The number of anilines is 1. The maximum atomic E-state index is 5.22. The van der Waals surface area contributed by atoms with E-state index in [-0.39, 0.29) is 11.6 Å². The number of rotatable bonds is 7. The van der Waals surface area contributed by atoms with E-state index in [1.165, 1.54) is 0 Å². The fraction of sp³-hybridized carbons (Fsp3) is 0.786. The molecule has 1 atom stereocenters. The lowest BCUT2D eigenvalue weighted by Gasteiger charge is -2.28. The summed E-state index contributed by atoms with van der Waals surface area (Å²) < 4.78 is 7.39. The Bertz CT molecular complexity index is 371. The van der Waals surface area contributed by atoms with E-state index in [0.29, 0.717) is 6.61 Å². The number of aryl methyl sites for hydroxylation is 1. The highest BCUT2D eigenvalue weighted by molar-refractivity contribution is 5.33. The molecule has 0 spiro atoms. The van der Waals surface area contributed by atoms with Crippen LogP contribution in [0.1, 0.15) is 52.3 Å². The molecule has 0 amide bonds. The van der Waals surface area contributed by atoms with Crippen LogP contribution < -0.4 is 5.32 Å². The molecule has 18 heavy (non-hydrogen) atoms. The van der Waals surface area contributed by atoms with E-state index in [2.05, 4.69) is 48.8 Å². The van der Waals surface area contributed by atoms with Gasteiger partial charge in [-0.2, -0.15) is 0 Å².